The van der Waals surface area contributed by atoms with Gasteiger partial charge in [0.2, 0.25) is 5.91 Å². The highest BCUT2D eigenvalue weighted by molar-refractivity contribution is 5.78. The zero-order valence-corrected chi connectivity index (χ0v) is 16.6. The third-order valence-electron chi connectivity index (χ3n) is 5.23. The molecule has 7 nitrogen and oxygen atoms in total. The average molecular weight is 378 g/mol. The minimum atomic E-state index is -0.827. The molecule has 0 radical (unpaired) electrons. The summed E-state index contributed by atoms with van der Waals surface area (Å²) in [6.45, 7) is 0.853. The van der Waals surface area contributed by atoms with Crippen molar-refractivity contribution >= 4 is 11.9 Å². The SMILES string of the molecule is COc1ccc(CCC(=O)N2C[C@@H](C(=O)O)CC[C@@H](N(C)C)C2)cc1OC. The zero-order chi connectivity index (χ0) is 20.0. The first-order valence-electron chi connectivity index (χ1n) is 9.23. The van der Waals surface area contributed by atoms with Gasteiger partial charge in [0.05, 0.1) is 20.1 Å². The molecule has 27 heavy (non-hydrogen) atoms. The molecule has 0 saturated carbocycles. The highest BCUT2D eigenvalue weighted by atomic mass is 16.5. The molecule has 1 heterocycles. The molecule has 0 spiro atoms. The Labute approximate surface area is 160 Å². The number of aliphatic carboxylic acids is 1. The maximum atomic E-state index is 12.8. The number of hydrogen-bond donors (Lipinski definition) is 1. The molecule has 0 bridgehead atoms. The van der Waals surface area contributed by atoms with Crippen molar-refractivity contribution in [3.8, 4) is 11.5 Å². The molecular weight excluding hydrogens is 348 g/mol. The third kappa shape index (κ3) is 5.60. The highest BCUT2D eigenvalue weighted by Gasteiger charge is 2.31. The molecular formula is C20H30N2O5. The number of carbonyl (C=O) groups excluding carboxylic acids is 1. The molecule has 150 valence electrons. The second kappa shape index (κ2) is 9.60. The number of likely N-dealkylation sites (tertiary alicyclic amines) is 1. The quantitative estimate of drug-likeness (QED) is 0.781. The van der Waals surface area contributed by atoms with E-state index in [9.17, 15) is 14.7 Å². The van der Waals surface area contributed by atoms with Crippen molar-refractivity contribution in [3.63, 3.8) is 0 Å². The van der Waals surface area contributed by atoms with Gasteiger partial charge < -0.3 is 24.4 Å². The summed E-state index contributed by atoms with van der Waals surface area (Å²) in [7, 11) is 7.11. The Balaban J connectivity index is 2.04. The maximum absolute atomic E-state index is 12.8. The Bertz CT molecular complexity index is 662. The van der Waals surface area contributed by atoms with Gasteiger partial charge in [-0.1, -0.05) is 6.07 Å². The molecule has 2 rings (SSSR count). The topological polar surface area (TPSA) is 79.3 Å². The number of benzene rings is 1. The van der Waals surface area contributed by atoms with Gasteiger partial charge in [-0.25, -0.2) is 0 Å². The molecule has 1 saturated heterocycles. The van der Waals surface area contributed by atoms with Crippen molar-refractivity contribution < 1.29 is 24.2 Å². The van der Waals surface area contributed by atoms with Crippen LogP contribution in [0.1, 0.15) is 24.8 Å². The van der Waals surface area contributed by atoms with E-state index in [2.05, 4.69) is 4.90 Å². The predicted molar refractivity (Wildman–Crippen MR) is 102 cm³/mol. The van der Waals surface area contributed by atoms with E-state index in [-0.39, 0.29) is 18.5 Å². The van der Waals surface area contributed by atoms with Crippen molar-refractivity contribution in [1.82, 2.24) is 9.80 Å². The molecule has 1 fully saturated rings. The monoisotopic (exact) mass is 378 g/mol. The van der Waals surface area contributed by atoms with Crippen molar-refractivity contribution in [2.75, 3.05) is 41.4 Å². The van der Waals surface area contributed by atoms with Crippen LogP contribution in [-0.4, -0.2) is 74.2 Å². The number of nitrogens with zero attached hydrogens (tertiary/aromatic N) is 2. The van der Waals surface area contributed by atoms with E-state index in [1.54, 1.807) is 19.1 Å². The number of methoxy groups -OCH3 is 2. The molecule has 1 aliphatic heterocycles. The molecule has 0 aliphatic carbocycles. The molecule has 1 N–H and O–H groups in total. The van der Waals surface area contributed by atoms with Crippen LogP contribution < -0.4 is 9.47 Å². The summed E-state index contributed by atoms with van der Waals surface area (Å²) >= 11 is 0. The Morgan fingerprint density at radius 1 is 1.15 bits per heavy atom. The number of aryl methyl sites for hydroxylation is 1. The Kier molecular flexibility index (Phi) is 7.47. The van der Waals surface area contributed by atoms with Crippen molar-refractivity contribution in [3.05, 3.63) is 23.8 Å². The van der Waals surface area contributed by atoms with Crippen molar-refractivity contribution in [2.45, 2.75) is 31.7 Å². The van der Waals surface area contributed by atoms with E-state index in [1.165, 1.54) is 0 Å². The van der Waals surface area contributed by atoms with Crippen molar-refractivity contribution in [2.24, 2.45) is 5.92 Å². The maximum Gasteiger partial charge on any atom is 0.308 e. The second-order valence-corrected chi connectivity index (χ2v) is 7.22. The minimum Gasteiger partial charge on any atom is -0.493 e. The summed E-state index contributed by atoms with van der Waals surface area (Å²) in [6, 6.07) is 5.80. The summed E-state index contributed by atoms with van der Waals surface area (Å²) in [5.41, 5.74) is 0.981. The summed E-state index contributed by atoms with van der Waals surface area (Å²) in [6.07, 6.45) is 2.28. The van der Waals surface area contributed by atoms with Crippen LogP contribution in [0.5, 0.6) is 11.5 Å². The van der Waals surface area contributed by atoms with Crippen LogP contribution in [0, 0.1) is 5.92 Å². The molecule has 1 aliphatic rings. The number of carboxylic acids is 1. The lowest BCUT2D eigenvalue weighted by Gasteiger charge is -2.29. The number of carbonyl (C=O) groups is 2. The van der Waals surface area contributed by atoms with Crippen LogP contribution in [-0.2, 0) is 16.0 Å². The molecule has 0 unspecified atom stereocenters. The smallest absolute Gasteiger partial charge is 0.308 e. The molecule has 1 aromatic rings. The standard InChI is InChI=1S/C20H30N2O5/c1-21(2)16-8-7-15(20(24)25)12-22(13-16)19(23)10-6-14-5-9-17(26-3)18(11-14)27-4/h5,9,11,15-16H,6-8,10,12-13H2,1-4H3,(H,24,25)/t15-,16+/m0/s1. The van der Waals surface area contributed by atoms with Crippen LogP contribution in [0.25, 0.3) is 0 Å². The number of carboxylic acid groups (broad SMARTS) is 1. The molecule has 2 atom stereocenters. The minimum absolute atomic E-state index is 0.00946. The molecule has 7 heteroatoms. The average Bonchev–Trinajstić information content (AvgIpc) is 2.89. The molecule has 1 amide bonds. The van der Waals surface area contributed by atoms with E-state index in [4.69, 9.17) is 9.47 Å². The van der Waals surface area contributed by atoms with Crippen LogP contribution >= 0.6 is 0 Å². The summed E-state index contributed by atoms with van der Waals surface area (Å²) in [4.78, 5) is 28.1. The van der Waals surface area contributed by atoms with Gasteiger partial charge in [-0.05, 0) is 51.1 Å². The molecule has 0 aromatic heterocycles. The van der Waals surface area contributed by atoms with Crippen molar-refractivity contribution in [1.29, 1.82) is 0 Å². The highest BCUT2D eigenvalue weighted by Crippen LogP contribution is 2.28. The fourth-order valence-electron chi connectivity index (χ4n) is 3.44. The number of amides is 1. The molecule has 1 aromatic carbocycles. The van der Waals surface area contributed by atoms with Crippen LogP contribution in [0.4, 0.5) is 0 Å². The number of rotatable bonds is 7. The van der Waals surface area contributed by atoms with Gasteiger partial charge in [0.25, 0.3) is 0 Å². The van der Waals surface area contributed by atoms with Gasteiger partial charge in [-0.15, -0.1) is 0 Å². The Hall–Kier alpha value is -2.28. The zero-order valence-electron chi connectivity index (χ0n) is 16.6. The summed E-state index contributed by atoms with van der Waals surface area (Å²) in [5.74, 6) is -0.0501. The Morgan fingerprint density at radius 3 is 2.44 bits per heavy atom. The van der Waals surface area contributed by atoms with Crippen LogP contribution in [0.3, 0.4) is 0 Å². The normalized spacial score (nSPS) is 20.3. The van der Waals surface area contributed by atoms with Gasteiger partial charge >= 0.3 is 5.97 Å². The van der Waals surface area contributed by atoms with Gasteiger partial charge in [0.15, 0.2) is 11.5 Å². The van der Waals surface area contributed by atoms with E-state index in [0.29, 0.717) is 37.3 Å². The van der Waals surface area contributed by atoms with E-state index in [1.807, 2.05) is 32.3 Å². The fourth-order valence-corrected chi connectivity index (χ4v) is 3.44. The van der Waals surface area contributed by atoms with Gasteiger partial charge in [0.1, 0.15) is 0 Å². The van der Waals surface area contributed by atoms with Crippen LogP contribution in [0.15, 0.2) is 18.2 Å². The Morgan fingerprint density at radius 2 is 1.85 bits per heavy atom. The van der Waals surface area contributed by atoms with E-state index >= 15 is 0 Å². The summed E-state index contributed by atoms with van der Waals surface area (Å²) < 4.78 is 10.5. The van der Waals surface area contributed by atoms with E-state index in [0.717, 1.165) is 12.0 Å². The first-order valence-corrected chi connectivity index (χ1v) is 9.23. The lowest BCUT2D eigenvalue weighted by molar-refractivity contribution is -0.143. The van der Waals surface area contributed by atoms with Gasteiger partial charge in [-0.3, -0.25) is 9.59 Å². The predicted octanol–water partition coefficient (Wildman–Crippen LogP) is 1.89. The van der Waals surface area contributed by atoms with Gasteiger partial charge in [0, 0.05) is 25.6 Å². The number of ether oxygens (including phenoxy) is 2. The largest absolute Gasteiger partial charge is 0.493 e. The number of likely N-dealkylation sites (N-methyl/N-ethyl adjacent to an activating group) is 1. The lowest BCUT2D eigenvalue weighted by Crippen LogP contribution is -2.43. The lowest BCUT2D eigenvalue weighted by atomic mass is 10.0. The van der Waals surface area contributed by atoms with Crippen LogP contribution in [0.2, 0.25) is 0 Å². The summed E-state index contributed by atoms with van der Waals surface area (Å²) in [5, 5.41) is 9.43. The van der Waals surface area contributed by atoms with Gasteiger partial charge in [-0.2, -0.15) is 0 Å². The second-order valence-electron chi connectivity index (χ2n) is 7.22. The first kappa shape index (κ1) is 21.0. The first-order chi connectivity index (χ1) is 12.8. The third-order valence-corrected chi connectivity index (χ3v) is 5.23. The number of hydrogen-bond acceptors (Lipinski definition) is 5. The fraction of sp³-hybridized carbons (Fsp3) is 0.600. The van der Waals surface area contributed by atoms with E-state index < -0.39 is 11.9 Å².